The van der Waals surface area contributed by atoms with Gasteiger partial charge in [0.15, 0.2) is 0 Å². The van der Waals surface area contributed by atoms with Gasteiger partial charge in [-0.05, 0) is 71.0 Å². The van der Waals surface area contributed by atoms with Crippen LogP contribution in [0.1, 0.15) is 37.8 Å². The molecule has 1 saturated heterocycles. The van der Waals surface area contributed by atoms with Gasteiger partial charge < -0.3 is 15.5 Å². The molecule has 7 heteroatoms. The van der Waals surface area contributed by atoms with Gasteiger partial charge in [0.2, 0.25) is 5.91 Å². The second-order valence-corrected chi connectivity index (χ2v) is 8.60. The molecule has 0 bridgehead atoms. The number of halogens is 1. The number of thiocarbonyl (C=S) groups is 1. The van der Waals surface area contributed by atoms with Gasteiger partial charge >= 0.3 is 0 Å². The van der Waals surface area contributed by atoms with Crippen molar-refractivity contribution in [2.45, 2.75) is 39.7 Å². The van der Waals surface area contributed by atoms with Gasteiger partial charge in [-0.1, -0.05) is 35.4 Å². The second kappa shape index (κ2) is 9.65. The van der Waals surface area contributed by atoms with Crippen molar-refractivity contribution in [3.8, 4) is 0 Å². The van der Waals surface area contributed by atoms with E-state index in [0.29, 0.717) is 21.9 Å². The first-order valence-corrected chi connectivity index (χ1v) is 10.7. The Kier molecular flexibility index (Phi) is 7.22. The van der Waals surface area contributed by atoms with E-state index in [0.717, 1.165) is 42.7 Å². The number of piperidine rings is 1. The number of nitrogens with one attached hydrogen (secondary N) is 2. The van der Waals surface area contributed by atoms with Crippen molar-refractivity contribution in [2.75, 3.05) is 23.7 Å². The van der Waals surface area contributed by atoms with Crippen molar-refractivity contribution >= 4 is 46.2 Å². The third kappa shape index (κ3) is 5.75. The second-order valence-electron chi connectivity index (χ2n) is 7.76. The molecule has 0 atom stereocenters. The molecule has 1 fully saturated rings. The van der Waals surface area contributed by atoms with Crippen LogP contribution in [0.5, 0.6) is 0 Å². The molecular weight excluding hydrogens is 404 g/mol. The zero-order chi connectivity index (χ0) is 21.0. The maximum Gasteiger partial charge on any atom is 0.227 e. The minimum Gasteiger partial charge on any atom is -0.331 e. The number of likely N-dealkylation sites (tertiary alicyclic amines) is 1. The molecule has 0 aliphatic carbocycles. The van der Waals surface area contributed by atoms with E-state index in [1.54, 1.807) is 18.3 Å². The van der Waals surface area contributed by atoms with E-state index in [-0.39, 0.29) is 11.8 Å². The average molecular weight is 431 g/mol. The van der Waals surface area contributed by atoms with Crippen molar-refractivity contribution in [3.63, 3.8) is 0 Å². The fourth-order valence-corrected chi connectivity index (χ4v) is 3.89. The Labute approximate surface area is 182 Å². The Balaban J connectivity index is 1.70. The van der Waals surface area contributed by atoms with Gasteiger partial charge in [-0.15, -0.1) is 0 Å². The van der Waals surface area contributed by atoms with E-state index in [4.69, 9.17) is 23.8 Å². The lowest BCUT2D eigenvalue weighted by Crippen LogP contribution is -2.41. The molecule has 1 aliphatic heterocycles. The average Bonchev–Trinajstić information content (AvgIpc) is 2.71. The quantitative estimate of drug-likeness (QED) is 0.661. The highest BCUT2D eigenvalue weighted by Gasteiger charge is 2.26. The zero-order valence-corrected chi connectivity index (χ0v) is 18.6. The van der Waals surface area contributed by atoms with Crippen LogP contribution in [0.4, 0.5) is 11.5 Å². The van der Waals surface area contributed by atoms with Crippen LogP contribution in [0, 0.1) is 12.8 Å². The highest BCUT2D eigenvalue weighted by atomic mass is 35.5. The number of amides is 1. The summed E-state index contributed by atoms with van der Waals surface area (Å²) in [7, 11) is 0. The molecule has 3 rings (SSSR count). The third-order valence-corrected chi connectivity index (χ3v) is 5.82. The van der Waals surface area contributed by atoms with Gasteiger partial charge in [0.25, 0.3) is 0 Å². The lowest BCUT2D eigenvalue weighted by Gasteiger charge is -2.34. The van der Waals surface area contributed by atoms with E-state index in [1.165, 1.54) is 0 Å². The molecule has 1 amide bonds. The summed E-state index contributed by atoms with van der Waals surface area (Å²) in [4.78, 5) is 20.0. The van der Waals surface area contributed by atoms with Crippen molar-refractivity contribution in [1.29, 1.82) is 0 Å². The van der Waals surface area contributed by atoms with E-state index in [9.17, 15) is 4.79 Å². The van der Waals surface area contributed by atoms with Gasteiger partial charge in [0.1, 0.15) is 10.8 Å². The maximum atomic E-state index is 12.9. The first kappa shape index (κ1) is 21.7. The summed E-state index contributed by atoms with van der Waals surface area (Å²) >= 11 is 11.5. The van der Waals surface area contributed by atoms with Crippen molar-refractivity contribution in [3.05, 3.63) is 52.7 Å². The molecule has 154 valence electrons. The number of aryl methyl sites for hydroxylation is 1. The molecule has 0 saturated carbocycles. The topological polar surface area (TPSA) is 57.3 Å². The fraction of sp³-hybridized carbons (Fsp3) is 0.409. The molecule has 1 aliphatic rings. The van der Waals surface area contributed by atoms with Crippen LogP contribution in [0.25, 0.3) is 0 Å². The number of pyridine rings is 1. The van der Waals surface area contributed by atoms with Gasteiger partial charge in [-0.3, -0.25) is 4.79 Å². The molecule has 1 aromatic carbocycles. The van der Waals surface area contributed by atoms with Gasteiger partial charge in [0.05, 0.1) is 10.7 Å². The number of carbonyl (C=O) groups excluding carboxylic acids is 1. The Morgan fingerprint density at radius 1 is 1.21 bits per heavy atom. The number of carbonyl (C=O) groups is 1. The predicted molar refractivity (Wildman–Crippen MR) is 124 cm³/mol. The standard InChI is InChI=1S/C22H27ClN4OS/c1-14(2)27-10-8-16(9-11-27)21(28)25-19-6-4-15(3)12-18(19)22(29)26-20-7-5-17(23)13-24-20/h4-7,12-14,16H,8-11H2,1-3H3,(H,25,28)(H,24,26,29). The lowest BCUT2D eigenvalue weighted by atomic mass is 9.95. The Morgan fingerprint density at radius 2 is 1.93 bits per heavy atom. The number of aromatic nitrogens is 1. The smallest absolute Gasteiger partial charge is 0.227 e. The normalized spacial score (nSPS) is 15.3. The largest absolute Gasteiger partial charge is 0.331 e. The maximum absolute atomic E-state index is 12.9. The predicted octanol–water partition coefficient (Wildman–Crippen LogP) is 4.89. The highest BCUT2D eigenvalue weighted by Crippen LogP contribution is 2.24. The van der Waals surface area contributed by atoms with E-state index in [1.807, 2.05) is 25.1 Å². The molecule has 2 heterocycles. The third-order valence-electron chi connectivity index (χ3n) is 5.28. The molecule has 5 nitrogen and oxygen atoms in total. The summed E-state index contributed by atoms with van der Waals surface area (Å²) in [5.74, 6) is 0.698. The lowest BCUT2D eigenvalue weighted by molar-refractivity contribution is -0.121. The van der Waals surface area contributed by atoms with E-state index in [2.05, 4.69) is 34.4 Å². The molecule has 0 unspecified atom stereocenters. The fourth-order valence-electron chi connectivity index (χ4n) is 3.50. The van der Waals surface area contributed by atoms with E-state index < -0.39 is 0 Å². The van der Waals surface area contributed by atoms with Crippen LogP contribution in [0.15, 0.2) is 36.5 Å². The zero-order valence-electron chi connectivity index (χ0n) is 17.0. The molecule has 29 heavy (non-hydrogen) atoms. The monoisotopic (exact) mass is 430 g/mol. The Bertz CT molecular complexity index is 877. The first-order chi connectivity index (χ1) is 13.8. The Hall–Kier alpha value is -2.02. The van der Waals surface area contributed by atoms with Gasteiger partial charge in [0, 0.05) is 23.7 Å². The summed E-state index contributed by atoms with van der Waals surface area (Å²) in [5, 5.41) is 6.79. The van der Waals surface area contributed by atoms with E-state index >= 15 is 0 Å². The van der Waals surface area contributed by atoms with Crippen molar-refractivity contribution in [2.24, 2.45) is 5.92 Å². The minimum atomic E-state index is 0.0265. The SMILES string of the molecule is Cc1ccc(NC(=O)C2CCN(C(C)C)CC2)c(C(=S)Nc2ccc(Cl)cn2)c1. The molecular formula is C22H27ClN4OS. The summed E-state index contributed by atoms with van der Waals surface area (Å²) in [5.41, 5.74) is 2.57. The number of anilines is 2. The minimum absolute atomic E-state index is 0.0265. The van der Waals surface area contributed by atoms with Crippen molar-refractivity contribution < 1.29 is 4.79 Å². The number of hydrogen-bond acceptors (Lipinski definition) is 4. The number of hydrogen-bond donors (Lipinski definition) is 2. The van der Waals surface area contributed by atoms with Crippen molar-refractivity contribution in [1.82, 2.24) is 9.88 Å². The first-order valence-electron chi connectivity index (χ1n) is 9.92. The summed E-state index contributed by atoms with van der Waals surface area (Å²) in [6, 6.07) is 9.90. The van der Waals surface area contributed by atoms with Crippen LogP contribution < -0.4 is 10.6 Å². The molecule has 0 radical (unpaired) electrons. The molecule has 2 N–H and O–H groups in total. The van der Waals surface area contributed by atoms with Gasteiger partial charge in [-0.25, -0.2) is 4.98 Å². The van der Waals surface area contributed by atoms with Crippen LogP contribution in [-0.4, -0.2) is 39.9 Å². The summed E-state index contributed by atoms with van der Waals surface area (Å²) < 4.78 is 0. The summed E-state index contributed by atoms with van der Waals surface area (Å²) in [6.45, 7) is 8.31. The van der Waals surface area contributed by atoms with Crippen LogP contribution in [-0.2, 0) is 4.79 Å². The molecule has 1 aromatic heterocycles. The van der Waals surface area contributed by atoms with Gasteiger partial charge in [-0.2, -0.15) is 0 Å². The number of benzene rings is 1. The Morgan fingerprint density at radius 3 is 2.55 bits per heavy atom. The molecule has 2 aromatic rings. The summed E-state index contributed by atoms with van der Waals surface area (Å²) in [6.07, 6.45) is 3.32. The number of nitrogens with zero attached hydrogens (tertiary/aromatic N) is 2. The molecule has 0 spiro atoms. The van der Waals surface area contributed by atoms with Crippen LogP contribution in [0.2, 0.25) is 5.02 Å². The van der Waals surface area contributed by atoms with Crippen LogP contribution >= 0.6 is 23.8 Å². The highest BCUT2D eigenvalue weighted by molar-refractivity contribution is 7.81. The van der Waals surface area contributed by atoms with Crippen LogP contribution in [0.3, 0.4) is 0 Å². The number of rotatable bonds is 5.